The number of fused-ring (bicyclic) bond motifs is 1. The number of carbonyl (C=O) groups is 3. The predicted octanol–water partition coefficient (Wildman–Crippen LogP) is 0.955. The Bertz CT molecular complexity index is 758. The Morgan fingerprint density at radius 2 is 1.90 bits per heavy atom. The lowest BCUT2D eigenvalue weighted by molar-refractivity contribution is 0.0692. The highest BCUT2D eigenvalue weighted by Crippen LogP contribution is 2.24. The maximum absolute atomic E-state index is 12.0. The van der Waals surface area contributed by atoms with Gasteiger partial charge in [-0.2, -0.15) is 0 Å². The highest BCUT2D eigenvalue weighted by atomic mass is 16.2. The van der Waals surface area contributed by atoms with E-state index in [4.69, 9.17) is 0 Å². The summed E-state index contributed by atoms with van der Waals surface area (Å²) >= 11 is 0. The fraction of sp³-hybridized carbons (Fsp3) is 0.0714. The van der Waals surface area contributed by atoms with Gasteiger partial charge in [-0.05, 0) is 24.3 Å². The zero-order chi connectivity index (χ0) is 15.0. The molecule has 0 aliphatic carbocycles. The SMILES string of the molecule is CN1C(=O)c2ccc(NC(=O)c3ccncn3)cc2C1=O. The van der Waals surface area contributed by atoms with Gasteiger partial charge in [0.25, 0.3) is 17.7 Å². The van der Waals surface area contributed by atoms with Crippen LogP contribution < -0.4 is 5.32 Å². The van der Waals surface area contributed by atoms with E-state index in [9.17, 15) is 14.4 Å². The minimum absolute atomic E-state index is 0.213. The summed E-state index contributed by atoms with van der Waals surface area (Å²) in [6, 6.07) is 6.06. The van der Waals surface area contributed by atoms with Crippen LogP contribution in [0, 0.1) is 0 Å². The van der Waals surface area contributed by atoms with Gasteiger partial charge in [0, 0.05) is 18.9 Å². The normalized spacial score (nSPS) is 13.3. The van der Waals surface area contributed by atoms with Gasteiger partial charge in [-0.1, -0.05) is 0 Å². The Balaban J connectivity index is 1.88. The molecule has 7 heteroatoms. The number of hydrogen-bond acceptors (Lipinski definition) is 5. The van der Waals surface area contributed by atoms with E-state index >= 15 is 0 Å². The molecular formula is C14H10N4O3. The van der Waals surface area contributed by atoms with Crippen LogP contribution in [-0.2, 0) is 0 Å². The molecule has 0 saturated carbocycles. The lowest BCUT2D eigenvalue weighted by atomic mass is 10.1. The molecule has 2 aromatic rings. The van der Waals surface area contributed by atoms with E-state index in [1.807, 2.05) is 0 Å². The van der Waals surface area contributed by atoms with Gasteiger partial charge in [0.15, 0.2) is 0 Å². The Kier molecular flexibility index (Phi) is 2.94. The molecule has 1 aliphatic heterocycles. The van der Waals surface area contributed by atoms with Crippen LogP contribution in [0.1, 0.15) is 31.2 Å². The van der Waals surface area contributed by atoms with Crippen molar-refractivity contribution in [1.29, 1.82) is 0 Å². The summed E-state index contributed by atoms with van der Waals surface area (Å²) in [4.78, 5) is 44.2. The molecule has 0 bridgehead atoms. The second kappa shape index (κ2) is 4.78. The fourth-order valence-electron chi connectivity index (χ4n) is 2.06. The van der Waals surface area contributed by atoms with Crippen LogP contribution in [0.3, 0.4) is 0 Å². The van der Waals surface area contributed by atoms with Crippen molar-refractivity contribution in [2.45, 2.75) is 0 Å². The Morgan fingerprint density at radius 3 is 2.62 bits per heavy atom. The van der Waals surface area contributed by atoms with Crippen LogP contribution >= 0.6 is 0 Å². The van der Waals surface area contributed by atoms with Gasteiger partial charge < -0.3 is 5.32 Å². The molecule has 1 aromatic heterocycles. The second-order valence-electron chi connectivity index (χ2n) is 4.48. The maximum atomic E-state index is 12.0. The minimum Gasteiger partial charge on any atom is -0.321 e. The summed E-state index contributed by atoms with van der Waals surface area (Å²) in [6.45, 7) is 0. The first kappa shape index (κ1) is 12.9. The van der Waals surface area contributed by atoms with Gasteiger partial charge in [-0.25, -0.2) is 9.97 Å². The second-order valence-corrected chi connectivity index (χ2v) is 4.48. The van der Waals surface area contributed by atoms with E-state index in [-0.39, 0.29) is 23.1 Å². The zero-order valence-corrected chi connectivity index (χ0v) is 11.0. The summed E-state index contributed by atoms with van der Waals surface area (Å²) < 4.78 is 0. The Labute approximate surface area is 119 Å². The molecular weight excluding hydrogens is 272 g/mol. The lowest BCUT2D eigenvalue weighted by Crippen LogP contribution is -2.24. The van der Waals surface area contributed by atoms with Crippen molar-refractivity contribution in [3.63, 3.8) is 0 Å². The smallest absolute Gasteiger partial charge is 0.274 e. The summed E-state index contributed by atoms with van der Waals surface area (Å²) in [6.07, 6.45) is 2.73. The molecule has 0 radical (unpaired) electrons. The minimum atomic E-state index is -0.414. The lowest BCUT2D eigenvalue weighted by Gasteiger charge is -2.05. The molecule has 0 fully saturated rings. The molecule has 7 nitrogen and oxygen atoms in total. The molecule has 0 unspecified atom stereocenters. The first-order chi connectivity index (χ1) is 10.1. The van der Waals surface area contributed by atoms with Crippen LogP contribution in [-0.4, -0.2) is 39.6 Å². The number of rotatable bonds is 2. The highest BCUT2D eigenvalue weighted by molar-refractivity contribution is 6.21. The molecule has 0 saturated heterocycles. The van der Waals surface area contributed by atoms with Crippen LogP contribution in [0.15, 0.2) is 36.8 Å². The maximum Gasteiger partial charge on any atom is 0.274 e. The quantitative estimate of drug-likeness (QED) is 0.828. The van der Waals surface area contributed by atoms with Gasteiger partial charge in [-0.3, -0.25) is 19.3 Å². The van der Waals surface area contributed by atoms with E-state index in [0.717, 1.165) is 4.90 Å². The molecule has 21 heavy (non-hydrogen) atoms. The van der Waals surface area contributed by atoms with Crippen molar-refractivity contribution >= 4 is 23.4 Å². The molecule has 1 aromatic carbocycles. The fourth-order valence-corrected chi connectivity index (χ4v) is 2.06. The Morgan fingerprint density at radius 1 is 1.14 bits per heavy atom. The summed E-state index contributed by atoms with van der Waals surface area (Å²) in [5.41, 5.74) is 1.25. The number of hydrogen-bond donors (Lipinski definition) is 1. The van der Waals surface area contributed by atoms with Crippen LogP contribution in [0.25, 0.3) is 0 Å². The molecule has 0 spiro atoms. The largest absolute Gasteiger partial charge is 0.321 e. The number of amides is 3. The van der Waals surface area contributed by atoms with Crippen molar-refractivity contribution in [2.24, 2.45) is 0 Å². The van der Waals surface area contributed by atoms with E-state index in [1.165, 1.54) is 37.8 Å². The zero-order valence-electron chi connectivity index (χ0n) is 11.0. The number of aromatic nitrogens is 2. The molecule has 3 amide bonds. The molecule has 1 aliphatic rings. The van der Waals surface area contributed by atoms with Crippen molar-refractivity contribution in [3.8, 4) is 0 Å². The number of nitrogens with one attached hydrogen (secondary N) is 1. The Hall–Kier alpha value is -3.09. The third-order valence-electron chi connectivity index (χ3n) is 3.16. The molecule has 1 N–H and O–H groups in total. The van der Waals surface area contributed by atoms with Gasteiger partial charge in [0.05, 0.1) is 11.1 Å². The van der Waals surface area contributed by atoms with Crippen LogP contribution in [0.2, 0.25) is 0 Å². The number of imide groups is 1. The topological polar surface area (TPSA) is 92.3 Å². The van der Waals surface area contributed by atoms with Gasteiger partial charge in [0.2, 0.25) is 0 Å². The first-order valence-corrected chi connectivity index (χ1v) is 6.12. The van der Waals surface area contributed by atoms with Crippen molar-refractivity contribution < 1.29 is 14.4 Å². The van der Waals surface area contributed by atoms with Crippen LogP contribution in [0.5, 0.6) is 0 Å². The van der Waals surface area contributed by atoms with E-state index in [0.29, 0.717) is 11.3 Å². The van der Waals surface area contributed by atoms with Crippen molar-refractivity contribution in [2.75, 3.05) is 12.4 Å². The number of carbonyl (C=O) groups excluding carboxylic acids is 3. The molecule has 3 rings (SSSR count). The number of benzene rings is 1. The third-order valence-corrected chi connectivity index (χ3v) is 3.16. The standard InChI is InChI=1S/C14H10N4O3/c1-18-13(20)9-3-2-8(6-10(9)14(18)21)17-12(19)11-4-5-15-7-16-11/h2-7H,1H3,(H,17,19). The molecule has 2 heterocycles. The molecule has 0 atom stereocenters. The van der Waals surface area contributed by atoms with Crippen molar-refractivity contribution in [1.82, 2.24) is 14.9 Å². The van der Waals surface area contributed by atoms with Gasteiger partial charge in [-0.15, -0.1) is 0 Å². The van der Waals surface area contributed by atoms with Gasteiger partial charge in [0.1, 0.15) is 12.0 Å². The number of anilines is 1. The summed E-state index contributed by atoms with van der Waals surface area (Å²) in [5.74, 6) is -1.14. The van der Waals surface area contributed by atoms with Gasteiger partial charge >= 0.3 is 0 Å². The van der Waals surface area contributed by atoms with Crippen molar-refractivity contribution in [3.05, 3.63) is 53.6 Å². The average molecular weight is 282 g/mol. The third kappa shape index (κ3) is 2.14. The monoisotopic (exact) mass is 282 g/mol. The summed E-state index contributed by atoms with van der Waals surface area (Å²) in [5, 5.41) is 2.63. The van der Waals surface area contributed by atoms with Crippen LogP contribution in [0.4, 0.5) is 5.69 Å². The van der Waals surface area contributed by atoms with E-state index in [1.54, 1.807) is 6.07 Å². The molecule has 104 valence electrons. The first-order valence-electron chi connectivity index (χ1n) is 6.12. The van der Waals surface area contributed by atoms with E-state index in [2.05, 4.69) is 15.3 Å². The van der Waals surface area contributed by atoms with E-state index < -0.39 is 5.91 Å². The highest BCUT2D eigenvalue weighted by Gasteiger charge is 2.32. The average Bonchev–Trinajstić information content (AvgIpc) is 2.73. The predicted molar refractivity (Wildman–Crippen MR) is 72.9 cm³/mol. The number of nitrogens with zero attached hydrogens (tertiary/aromatic N) is 3. The summed E-state index contributed by atoms with van der Waals surface area (Å²) in [7, 11) is 1.42.